The van der Waals surface area contributed by atoms with Crippen molar-refractivity contribution in [3.8, 4) is 0 Å². The number of hydrogen-bond donors (Lipinski definition) is 1. The molecule has 286 valence electrons. The molecule has 0 aromatic heterocycles. The fourth-order valence-corrected chi connectivity index (χ4v) is 5.76. The van der Waals surface area contributed by atoms with Crippen molar-refractivity contribution in [1.29, 1.82) is 0 Å². The molecule has 0 spiro atoms. The number of ether oxygens (including phenoxy) is 2. The molecule has 0 saturated carbocycles. The Morgan fingerprint density at radius 3 is 1.23 bits per heavy atom. The van der Waals surface area contributed by atoms with E-state index in [2.05, 4.69) is 18.7 Å². The van der Waals surface area contributed by atoms with E-state index in [1.165, 1.54) is 109 Å². The van der Waals surface area contributed by atoms with Crippen LogP contribution in [0.4, 0.5) is 13.2 Å². The molecule has 0 aliphatic rings. The molecule has 0 aliphatic heterocycles. The Bertz CT molecular complexity index is 872. The molecule has 0 rings (SSSR count). The van der Waals surface area contributed by atoms with E-state index >= 15 is 0 Å². The molecule has 0 unspecified atom stereocenters. The largest absolute Gasteiger partial charge is 0.513 e. The number of unbranched alkanes of at least 4 members (excludes halogenated alkanes) is 24. The molecule has 0 aromatic rings. The van der Waals surface area contributed by atoms with Crippen molar-refractivity contribution in [1.82, 2.24) is 4.89 Å². The Morgan fingerprint density at radius 2 is 0.875 bits per heavy atom. The van der Waals surface area contributed by atoms with Crippen molar-refractivity contribution in [3.05, 3.63) is 0 Å². The van der Waals surface area contributed by atoms with Crippen molar-refractivity contribution in [3.63, 3.8) is 0 Å². The van der Waals surface area contributed by atoms with Crippen LogP contribution in [0.15, 0.2) is 0 Å². The third-order valence-electron chi connectivity index (χ3n) is 8.44. The van der Waals surface area contributed by atoms with Gasteiger partial charge < -0.3 is 9.47 Å². The Hall–Kier alpha value is -1.40. The molecule has 12 heteroatoms. The van der Waals surface area contributed by atoms with Gasteiger partial charge in [0.1, 0.15) is 13.2 Å². The number of nitrogens with one attached hydrogen (secondary N) is 1. The van der Waals surface area contributed by atoms with Crippen LogP contribution in [0.2, 0.25) is 0 Å². The Balaban J connectivity index is 4.26. The maximum atomic E-state index is 12.6. The maximum Gasteiger partial charge on any atom is 0.513 e. The third kappa shape index (κ3) is 29.5. The standard InChI is InChI=1S/C36H68F3NO7S/c1-3-5-7-9-11-13-15-17-19-21-23-25-27-29-34(41)45-31-33(32-46-40-48(43,44)36(37,38)39)47-35(42)30-28-26-24-22-20-18-16-14-12-10-8-6-4-2/h33,40H,3-32H2,1-2H3/t33-/m1/s1. The second-order valence-electron chi connectivity index (χ2n) is 13.1. The first-order valence-electron chi connectivity index (χ1n) is 19.1. The van der Waals surface area contributed by atoms with Gasteiger partial charge in [-0.05, 0) is 12.8 Å². The van der Waals surface area contributed by atoms with Gasteiger partial charge in [0.25, 0.3) is 0 Å². The lowest BCUT2D eigenvalue weighted by Crippen LogP contribution is -2.39. The molecule has 0 aliphatic carbocycles. The van der Waals surface area contributed by atoms with Crippen LogP contribution in [0.3, 0.4) is 0 Å². The zero-order valence-electron chi connectivity index (χ0n) is 30.2. The quantitative estimate of drug-likeness (QED) is 0.0395. The zero-order valence-corrected chi connectivity index (χ0v) is 31.0. The highest BCUT2D eigenvalue weighted by molar-refractivity contribution is 7.90. The topological polar surface area (TPSA) is 108 Å². The Labute approximate surface area is 290 Å². The van der Waals surface area contributed by atoms with Crippen LogP contribution in [0.1, 0.15) is 194 Å². The number of hydrogen-bond acceptors (Lipinski definition) is 7. The van der Waals surface area contributed by atoms with Gasteiger partial charge in [-0.3, -0.25) is 14.4 Å². The van der Waals surface area contributed by atoms with Gasteiger partial charge in [0, 0.05) is 12.8 Å². The molecule has 1 atom stereocenters. The molecule has 0 fully saturated rings. The van der Waals surface area contributed by atoms with Gasteiger partial charge in [-0.2, -0.15) is 13.2 Å². The first-order chi connectivity index (χ1) is 23.0. The highest BCUT2D eigenvalue weighted by atomic mass is 32.2. The Morgan fingerprint density at radius 1 is 0.542 bits per heavy atom. The molecule has 0 heterocycles. The summed E-state index contributed by atoms with van der Waals surface area (Å²) in [5, 5.41) is 0. The molecule has 8 nitrogen and oxygen atoms in total. The van der Waals surface area contributed by atoms with Gasteiger partial charge in [0.2, 0.25) is 0 Å². The van der Waals surface area contributed by atoms with E-state index in [0.29, 0.717) is 12.8 Å². The lowest BCUT2D eigenvalue weighted by molar-refractivity contribution is -0.164. The highest BCUT2D eigenvalue weighted by Gasteiger charge is 2.46. The molecule has 0 bridgehead atoms. The molecule has 48 heavy (non-hydrogen) atoms. The van der Waals surface area contributed by atoms with Crippen LogP contribution in [-0.2, 0) is 33.9 Å². The summed E-state index contributed by atoms with van der Waals surface area (Å²) in [5.74, 6) is -1.13. The van der Waals surface area contributed by atoms with E-state index in [1.807, 2.05) is 0 Å². The van der Waals surface area contributed by atoms with E-state index in [-0.39, 0.29) is 12.8 Å². The van der Waals surface area contributed by atoms with Gasteiger partial charge in [-0.1, -0.05) is 173 Å². The van der Waals surface area contributed by atoms with Crippen LogP contribution >= 0.6 is 0 Å². The second kappa shape index (κ2) is 31.6. The van der Waals surface area contributed by atoms with E-state index in [9.17, 15) is 31.2 Å². The van der Waals surface area contributed by atoms with Gasteiger partial charge in [0.15, 0.2) is 6.10 Å². The van der Waals surface area contributed by atoms with E-state index in [1.54, 1.807) is 0 Å². The SMILES string of the molecule is CCCCCCCCCCCCCCCC(=O)OC[C@H](CONS(=O)(=O)C(F)(F)F)OC(=O)CCCCCCCCCCCCCCC. The maximum absolute atomic E-state index is 12.6. The van der Waals surface area contributed by atoms with Crippen LogP contribution < -0.4 is 4.89 Å². The predicted molar refractivity (Wildman–Crippen MR) is 186 cm³/mol. The smallest absolute Gasteiger partial charge is 0.462 e. The summed E-state index contributed by atoms with van der Waals surface area (Å²) in [6.45, 7) is 3.25. The molecular weight excluding hydrogens is 647 g/mol. The fourth-order valence-electron chi connectivity index (χ4n) is 5.45. The minimum absolute atomic E-state index is 0.0927. The van der Waals surface area contributed by atoms with Crippen LogP contribution in [0.5, 0.6) is 0 Å². The average molecular weight is 716 g/mol. The molecule has 0 amide bonds. The number of sulfonamides is 1. The van der Waals surface area contributed by atoms with E-state index < -0.39 is 46.8 Å². The lowest BCUT2D eigenvalue weighted by atomic mass is 10.0. The molecule has 1 N–H and O–H groups in total. The highest BCUT2D eigenvalue weighted by Crippen LogP contribution is 2.21. The monoisotopic (exact) mass is 715 g/mol. The predicted octanol–water partition coefficient (Wildman–Crippen LogP) is 10.8. The second-order valence-corrected chi connectivity index (χ2v) is 14.8. The van der Waals surface area contributed by atoms with Gasteiger partial charge in [0.05, 0.1) is 0 Å². The molecule has 0 aromatic carbocycles. The number of halogens is 3. The summed E-state index contributed by atoms with van der Waals surface area (Å²) in [6.07, 6.45) is 29.2. The minimum Gasteiger partial charge on any atom is -0.462 e. The van der Waals surface area contributed by atoms with Crippen molar-refractivity contribution in [2.45, 2.75) is 205 Å². The van der Waals surface area contributed by atoms with Crippen LogP contribution in [-0.4, -0.2) is 45.2 Å². The van der Waals surface area contributed by atoms with Crippen molar-refractivity contribution in [2.24, 2.45) is 0 Å². The van der Waals surface area contributed by atoms with Crippen molar-refractivity contribution in [2.75, 3.05) is 13.2 Å². The third-order valence-corrected chi connectivity index (χ3v) is 9.39. The first-order valence-corrected chi connectivity index (χ1v) is 20.6. The van der Waals surface area contributed by atoms with E-state index in [4.69, 9.17) is 9.47 Å². The number of alkyl halides is 3. The number of carbonyl (C=O) groups is 2. The van der Waals surface area contributed by atoms with Crippen LogP contribution in [0.25, 0.3) is 0 Å². The minimum atomic E-state index is -5.74. The summed E-state index contributed by atoms with van der Waals surface area (Å²) >= 11 is 0. The van der Waals surface area contributed by atoms with Crippen molar-refractivity contribution >= 4 is 22.0 Å². The summed E-state index contributed by atoms with van der Waals surface area (Å²) in [5.41, 5.74) is -5.56. The molecular formula is C36H68F3NO7S. The normalized spacial score (nSPS) is 12.7. The molecule has 0 radical (unpaired) electrons. The average Bonchev–Trinajstić information content (AvgIpc) is 3.03. The van der Waals surface area contributed by atoms with Crippen molar-refractivity contribution < 1.29 is 45.5 Å². The Kier molecular flexibility index (Phi) is 30.7. The lowest BCUT2D eigenvalue weighted by Gasteiger charge is -2.18. The summed E-state index contributed by atoms with van der Waals surface area (Å²) in [4.78, 5) is 30.1. The zero-order chi connectivity index (χ0) is 35.8. The number of esters is 2. The van der Waals surface area contributed by atoms with Gasteiger partial charge in [-0.25, -0.2) is 8.42 Å². The fraction of sp³-hybridized carbons (Fsp3) is 0.944. The van der Waals surface area contributed by atoms with Crippen LogP contribution in [0, 0.1) is 0 Å². The molecule has 0 saturated heterocycles. The summed E-state index contributed by atoms with van der Waals surface area (Å²) < 4.78 is 70.7. The number of rotatable bonds is 35. The van der Waals surface area contributed by atoms with Gasteiger partial charge in [-0.15, -0.1) is 0 Å². The number of carbonyl (C=O) groups excluding carboxylic acids is 2. The first kappa shape index (κ1) is 46.6. The summed E-state index contributed by atoms with van der Waals surface area (Å²) in [7, 11) is -5.74. The van der Waals surface area contributed by atoms with E-state index in [0.717, 1.165) is 49.8 Å². The van der Waals surface area contributed by atoms with Gasteiger partial charge >= 0.3 is 27.5 Å². The summed E-state index contributed by atoms with van der Waals surface area (Å²) in [6, 6.07) is 0.